The molecular weight excluding hydrogens is 244 g/mol. The Hall–Kier alpha value is -1.54. The summed E-state index contributed by atoms with van der Waals surface area (Å²) in [4.78, 5) is 5.32. The molecule has 4 rings (SSSR count). The van der Waals surface area contributed by atoms with Crippen LogP contribution in [-0.4, -0.2) is 37.1 Å². The highest BCUT2D eigenvalue weighted by Gasteiger charge is 2.29. The molecule has 2 aromatic carbocycles. The average molecular weight is 266 g/mol. The van der Waals surface area contributed by atoms with Crippen molar-refractivity contribution in [3.05, 3.63) is 42.5 Å². The maximum absolute atomic E-state index is 2.70. The topological polar surface area (TPSA) is 6.48 Å². The molecule has 1 atom stereocenters. The van der Waals surface area contributed by atoms with Gasteiger partial charge in [0.15, 0.2) is 0 Å². The number of hydrogen-bond acceptors (Lipinski definition) is 2. The third-order valence-electron chi connectivity index (χ3n) is 4.91. The number of hydrogen-bond donors (Lipinski definition) is 0. The first-order valence-electron chi connectivity index (χ1n) is 7.88. The van der Waals surface area contributed by atoms with Crippen molar-refractivity contribution in [2.45, 2.75) is 25.3 Å². The van der Waals surface area contributed by atoms with E-state index >= 15 is 0 Å². The molecule has 0 radical (unpaired) electrons. The average Bonchev–Trinajstić information content (AvgIpc) is 2.84. The summed E-state index contributed by atoms with van der Waals surface area (Å²) in [6, 6.07) is 16.3. The van der Waals surface area contributed by atoms with Crippen LogP contribution in [0.4, 0.5) is 5.69 Å². The third-order valence-corrected chi connectivity index (χ3v) is 4.91. The minimum Gasteiger partial charge on any atom is -0.369 e. The molecule has 0 saturated carbocycles. The van der Waals surface area contributed by atoms with E-state index in [4.69, 9.17) is 0 Å². The van der Waals surface area contributed by atoms with E-state index in [2.05, 4.69) is 52.3 Å². The zero-order valence-electron chi connectivity index (χ0n) is 12.0. The molecule has 20 heavy (non-hydrogen) atoms. The molecule has 0 aromatic heterocycles. The fourth-order valence-corrected chi connectivity index (χ4v) is 3.91. The van der Waals surface area contributed by atoms with Crippen LogP contribution in [0.1, 0.15) is 19.3 Å². The van der Waals surface area contributed by atoms with Gasteiger partial charge in [-0.1, -0.05) is 36.4 Å². The second-order valence-electron chi connectivity index (χ2n) is 6.13. The molecule has 0 spiro atoms. The molecule has 2 aromatic rings. The molecule has 2 saturated heterocycles. The normalized spacial score (nSPS) is 23.8. The molecular formula is C18H22N2. The molecule has 0 N–H and O–H groups in total. The smallest absolute Gasteiger partial charge is 0.0446 e. The highest BCUT2D eigenvalue weighted by atomic mass is 15.3. The number of fused-ring (bicyclic) bond motifs is 2. The van der Waals surface area contributed by atoms with Gasteiger partial charge in [-0.2, -0.15) is 0 Å². The molecule has 0 amide bonds. The quantitative estimate of drug-likeness (QED) is 0.779. The lowest BCUT2D eigenvalue weighted by atomic mass is 10.1. The number of anilines is 1. The van der Waals surface area contributed by atoms with Gasteiger partial charge in [-0.25, -0.2) is 0 Å². The van der Waals surface area contributed by atoms with E-state index in [-0.39, 0.29) is 0 Å². The summed E-state index contributed by atoms with van der Waals surface area (Å²) in [6.07, 6.45) is 4.05. The monoisotopic (exact) mass is 266 g/mol. The van der Waals surface area contributed by atoms with E-state index < -0.39 is 0 Å². The Morgan fingerprint density at radius 2 is 1.70 bits per heavy atom. The Kier molecular flexibility index (Phi) is 3.12. The van der Waals surface area contributed by atoms with Crippen LogP contribution in [0.2, 0.25) is 0 Å². The van der Waals surface area contributed by atoms with E-state index in [0.717, 1.165) is 6.04 Å². The Balaban J connectivity index is 1.71. The van der Waals surface area contributed by atoms with Gasteiger partial charge in [0, 0.05) is 36.7 Å². The highest BCUT2D eigenvalue weighted by Crippen LogP contribution is 2.30. The van der Waals surface area contributed by atoms with Crippen molar-refractivity contribution in [3.8, 4) is 0 Å². The van der Waals surface area contributed by atoms with Crippen LogP contribution >= 0.6 is 0 Å². The molecule has 0 bridgehead atoms. The standard InChI is InChI=1S/C18H22N2/c1-2-9-17-15(6-1)7-3-10-18(17)20-13-5-12-19-11-4-8-16(19)14-20/h1-3,6-7,9-10,16H,4-5,8,11-14H2. The van der Waals surface area contributed by atoms with Crippen molar-refractivity contribution in [3.63, 3.8) is 0 Å². The third kappa shape index (κ3) is 2.08. The predicted octanol–water partition coefficient (Wildman–Crippen LogP) is 3.51. The van der Waals surface area contributed by atoms with Gasteiger partial charge >= 0.3 is 0 Å². The molecule has 2 heterocycles. The van der Waals surface area contributed by atoms with E-state index in [1.807, 2.05) is 0 Å². The van der Waals surface area contributed by atoms with Gasteiger partial charge in [0.25, 0.3) is 0 Å². The van der Waals surface area contributed by atoms with Crippen LogP contribution in [0.3, 0.4) is 0 Å². The van der Waals surface area contributed by atoms with Crippen LogP contribution in [-0.2, 0) is 0 Å². The van der Waals surface area contributed by atoms with Crippen molar-refractivity contribution in [2.24, 2.45) is 0 Å². The Morgan fingerprint density at radius 1 is 0.850 bits per heavy atom. The van der Waals surface area contributed by atoms with Crippen LogP contribution in [0.25, 0.3) is 10.8 Å². The first-order chi connectivity index (χ1) is 9.92. The number of nitrogens with zero attached hydrogens (tertiary/aromatic N) is 2. The van der Waals surface area contributed by atoms with Gasteiger partial charge in [-0.05, 0) is 37.3 Å². The molecule has 2 nitrogen and oxygen atoms in total. The minimum atomic E-state index is 0.775. The van der Waals surface area contributed by atoms with Crippen molar-refractivity contribution in [1.29, 1.82) is 0 Å². The molecule has 0 aliphatic carbocycles. The first-order valence-corrected chi connectivity index (χ1v) is 7.88. The molecule has 2 aliphatic heterocycles. The molecule has 2 heteroatoms. The molecule has 2 aliphatic rings. The zero-order chi connectivity index (χ0) is 13.4. The minimum absolute atomic E-state index is 0.775. The zero-order valence-corrected chi connectivity index (χ0v) is 12.0. The number of benzene rings is 2. The maximum Gasteiger partial charge on any atom is 0.0446 e. The van der Waals surface area contributed by atoms with E-state index in [1.165, 1.54) is 61.9 Å². The van der Waals surface area contributed by atoms with E-state index in [0.29, 0.717) is 0 Å². The van der Waals surface area contributed by atoms with Gasteiger partial charge in [-0.15, -0.1) is 0 Å². The van der Waals surface area contributed by atoms with Gasteiger partial charge in [0.1, 0.15) is 0 Å². The Labute approximate surface area is 121 Å². The first kappa shape index (κ1) is 12.2. The second kappa shape index (κ2) is 5.10. The largest absolute Gasteiger partial charge is 0.369 e. The summed E-state index contributed by atoms with van der Waals surface area (Å²) in [6.45, 7) is 5.00. The van der Waals surface area contributed by atoms with Crippen molar-refractivity contribution < 1.29 is 0 Å². The molecule has 1 unspecified atom stereocenters. The fraction of sp³-hybridized carbons (Fsp3) is 0.444. The summed E-state index contributed by atoms with van der Waals surface area (Å²) in [5, 5.41) is 2.76. The lowest BCUT2D eigenvalue weighted by Crippen LogP contribution is -2.36. The highest BCUT2D eigenvalue weighted by molar-refractivity contribution is 5.94. The summed E-state index contributed by atoms with van der Waals surface area (Å²) >= 11 is 0. The van der Waals surface area contributed by atoms with E-state index in [9.17, 15) is 0 Å². The van der Waals surface area contributed by atoms with Gasteiger partial charge in [0.2, 0.25) is 0 Å². The van der Waals surface area contributed by atoms with Crippen LogP contribution in [0.15, 0.2) is 42.5 Å². The van der Waals surface area contributed by atoms with Crippen LogP contribution < -0.4 is 4.90 Å². The number of rotatable bonds is 1. The summed E-state index contributed by atoms with van der Waals surface area (Å²) in [5.41, 5.74) is 1.43. The lowest BCUT2D eigenvalue weighted by molar-refractivity contribution is 0.273. The van der Waals surface area contributed by atoms with Crippen molar-refractivity contribution in [1.82, 2.24) is 4.90 Å². The lowest BCUT2D eigenvalue weighted by Gasteiger charge is -2.28. The van der Waals surface area contributed by atoms with Gasteiger partial charge in [-0.3, -0.25) is 4.90 Å². The van der Waals surface area contributed by atoms with Gasteiger partial charge < -0.3 is 4.90 Å². The SMILES string of the molecule is c1ccc2c(N3CCCN4CCCC4C3)cccc2c1. The predicted molar refractivity (Wildman–Crippen MR) is 85.4 cm³/mol. The van der Waals surface area contributed by atoms with Crippen molar-refractivity contribution in [2.75, 3.05) is 31.1 Å². The summed E-state index contributed by atoms with van der Waals surface area (Å²) in [5.74, 6) is 0. The second-order valence-corrected chi connectivity index (χ2v) is 6.13. The summed E-state index contributed by atoms with van der Waals surface area (Å²) < 4.78 is 0. The molecule has 2 fully saturated rings. The Morgan fingerprint density at radius 3 is 2.70 bits per heavy atom. The summed E-state index contributed by atoms with van der Waals surface area (Å²) in [7, 11) is 0. The van der Waals surface area contributed by atoms with Crippen LogP contribution in [0, 0.1) is 0 Å². The molecule has 104 valence electrons. The van der Waals surface area contributed by atoms with Gasteiger partial charge in [0.05, 0.1) is 0 Å². The van der Waals surface area contributed by atoms with Crippen molar-refractivity contribution >= 4 is 16.5 Å². The fourth-order valence-electron chi connectivity index (χ4n) is 3.91. The van der Waals surface area contributed by atoms with Crippen LogP contribution in [0.5, 0.6) is 0 Å². The van der Waals surface area contributed by atoms with E-state index in [1.54, 1.807) is 0 Å². The Bertz CT molecular complexity index is 602. The maximum atomic E-state index is 2.70.